The summed E-state index contributed by atoms with van der Waals surface area (Å²) in [5, 5.41) is 15.1. The minimum atomic E-state index is -0.167. The van der Waals surface area contributed by atoms with Crippen LogP contribution in [-0.2, 0) is 17.8 Å². The fourth-order valence-corrected chi connectivity index (χ4v) is 3.91. The lowest BCUT2D eigenvalue weighted by Gasteiger charge is -2.32. The molecule has 1 atom stereocenters. The topological polar surface area (TPSA) is 87.8 Å². The van der Waals surface area contributed by atoms with Crippen molar-refractivity contribution in [3.63, 3.8) is 0 Å². The largest absolute Gasteiger partial charge is 0.371 e. The summed E-state index contributed by atoms with van der Waals surface area (Å²) in [6.45, 7) is 8.13. The molecule has 0 saturated carbocycles. The van der Waals surface area contributed by atoms with Gasteiger partial charge in [-0.2, -0.15) is 16.3 Å². The average Bonchev–Trinajstić information content (AvgIpc) is 3.39. The van der Waals surface area contributed by atoms with Crippen LogP contribution in [0.4, 0.5) is 0 Å². The first-order chi connectivity index (χ1) is 13.7. The lowest BCUT2D eigenvalue weighted by molar-refractivity contribution is 0.0683. The van der Waals surface area contributed by atoms with Crippen LogP contribution in [0.25, 0.3) is 0 Å². The van der Waals surface area contributed by atoms with Gasteiger partial charge in [0, 0.05) is 39.3 Å². The number of likely N-dealkylation sites (tertiary alicyclic amines) is 1. The zero-order chi connectivity index (χ0) is 19.8. The molecule has 162 valence electrons. The van der Waals surface area contributed by atoms with Crippen molar-refractivity contribution in [2.75, 3.05) is 26.7 Å². The molecule has 0 radical (unpaired) electrons. The number of hydrogen-bond donors (Lipinski definition) is 2. The highest BCUT2D eigenvalue weighted by Gasteiger charge is 2.20. The summed E-state index contributed by atoms with van der Waals surface area (Å²) in [7, 11) is 1.78. The molecule has 2 aromatic heterocycles. The second kappa shape index (κ2) is 12.5. The standard InChI is InChI=1S/C19H30N6O2S.HI/c1-4-26-14(2)18-23-17(27-24-18)11-21-19(20-3)22-16-5-8-25(9-6-16)12-15-7-10-28-13-15;/h7,10,13-14,16H,4-6,8-9,11-12H2,1-3H3,(H2,20,21,22);1H. The Morgan fingerprint density at radius 1 is 1.45 bits per heavy atom. The maximum Gasteiger partial charge on any atom is 0.246 e. The molecule has 0 aliphatic carbocycles. The molecule has 1 fully saturated rings. The van der Waals surface area contributed by atoms with Crippen molar-refractivity contribution < 1.29 is 9.26 Å². The Morgan fingerprint density at radius 2 is 2.24 bits per heavy atom. The van der Waals surface area contributed by atoms with Gasteiger partial charge < -0.3 is 19.9 Å². The van der Waals surface area contributed by atoms with Gasteiger partial charge in [0.05, 0.1) is 6.54 Å². The lowest BCUT2D eigenvalue weighted by Crippen LogP contribution is -2.48. The molecule has 0 spiro atoms. The molecule has 29 heavy (non-hydrogen) atoms. The smallest absolute Gasteiger partial charge is 0.246 e. The SMILES string of the molecule is CCOC(C)c1noc(CNC(=NC)NC2CCN(Cc3ccsc3)CC2)n1.I. The third-order valence-electron chi connectivity index (χ3n) is 4.81. The van der Waals surface area contributed by atoms with Crippen LogP contribution < -0.4 is 10.6 Å². The van der Waals surface area contributed by atoms with E-state index in [1.165, 1.54) is 5.56 Å². The monoisotopic (exact) mass is 534 g/mol. The number of rotatable bonds is 8. The van der Waals surface area contributed by atoms with Crippen LogP contribution in [0.5, 0.6) is 0 Å². The highest BCUT2D eigenvalue weighted by molar-refractivity contribution is 14.0. The van der Waals surface area contributed by atoms with Crippen molar-refractivity contribution in [2.24, 2.45) is 4.99 Å². The number of piperidine rings is 1. The molecular formula is C19H31IN6O2S. The van der Waals surface area contributed by atoms with Gasteiger partial charge in [-0.1, -0.05) is 5.16 Å². The van der Waals surface area contributed by atoms with E-state index in [2.05, 4.69) is 47.5 Å². The number of guanidine groups is 1. The first-order valence-electron chi connectivity index (χ1n) is 9.82. The maximum atomic E-state index is 5.49. The molecule has 0 amide bonds. The predicted molar refractivity (Wildman–Crippen MR) is 126 cm³/mol. The summed E-state index contributed by atoms with van der Waals surface area (Å²) in [6.07, 6.45) is 2.03. The van der Waals surface area contributed by atoms with Crippen molar-refractivity contribution in [3.8, 4) is 0 Å². The third-order valence-corrected chi connectivity index (χ3v) is 5.54. The molecule has 3 rings (SSSR count). The summed E-state index contributed by atoms with van der Waals surface area (Å²) >= 11 is 1.76. The fraction of sp³-hybridized carbons (Fsp3) is 0.632. The lowest BCUT2D eigenvalue weighted by atomic mass is 10.0. The van der Waals surface area contributed by atoms with Crippen LogP contribution in [0.3, 0.4) is 0 Å². The number of hydrogen-bond acceptors (Lipinski definition) is 7. The zero-order valence-electron chi connectivity index (χ0n) is 17.3. The van der Waals surface area contributed by atoms with Crippen molar-refractivity contribution in [2.45, 2.75) is 51.9 Å². The Hall–Kier alpha value is -1.24. The van der Waals surface area contributed by atoms with Crippen molar-refractivity contribution in [3.05, 3.63) is 34.1 Å². The molecular weight excluding hydrogens is 503 g/mol. The molecule has 0 bridgehead atoms. The zero-order valence-corrected chi connectivity index (χ0v) is 20.4. The number of nitrogens with zero attached hydrogens (tertiary/aromatic N) is 4. The molecule has 0 aromatic carbocycles. The first-order valence-corrected chi connectivity index (χ1v) is 10.8. The van der Waals surface area contributed by atoms with Gasteiger partial charge in [0.25, 0.3) is 0 Å². The minimum absolute atomic E-state index is 0. The average molecular weight is 534 g/mol. The normalized spacial score (nSPS) is 17.0. The highest BCUT2D eigenvalue weighted by atomic mass is 127. The summed E-state index contributed by atoms with van der Waals surface area (Å²) in [4.78, 5) is 11.2. The number of aliphatic imine (C=N–C) groups is 1. The maximum absolute atomic E-state index is 5.49. The summed E-state index contributed by atoms with van der Waals surface area (Å²) in [6, 6.07) is 2.62. The quantitative estimate of drug-likeness (QED) is 0.306. The second-order valence-corrected chi connectivity index (χ2v) is 7.68. The molecule has 2 aromatic rings. The minimum Gasteiger partial charge on any atom is -0.371 e. The van der Waals surface area contributed by atoms with E-state index >= 15 is 0 Å². The summed E-state index contributed by atoms with van der Waals surface area (Å²) < 4.78 is 10.8. The van der Waals surface area contributed by atoms with Crippen LogP contribution in [0, 0.1) is 0 Å². The van der Waals surface area contributed by atoms with E-state index in [1.54, 1.807) is 18.4 Å². The fourth-order valence-electron chi connectivity index (χ4n) is 3.25. The first kappa shape index (κ1) is 24.0. The molecule has 1 aliphatic rings. The van der Waals surface area contributed by atoms with E-state index in [0.29, 0.717) is 30.9 Å². The Morgan fingerprint density at radius 3 is 2.90 bits per heavy atom. The van der Waals surface area contributed by atoms with E-state index in [4.69, 9.17) is 9.26 Å². The third kappa shape index (κ3) is 7.50. The predicted octanol–water partition coefficient (Wildman–Crippen LogP) is 3.18. The highest BCUT2D eigenvalue weighted by Crippen LogP contribution is 2.16. The van der Waals surface area contributed by atoms with Gasteiger partial charge in [0.1, 0.15) is 6.10 Å². The number of aromatic nitrogens is 2. The Balaban J connectivity index is 0.00000300. The van der Waals surface area contributed by atoms with Gasteiger partial charge in [0.15, 0.2) is 11.8 Å². The number of halogens is 1. The number of thiophene rings is 1. The molecule has 1 unspecified atom stereocenters. The van der Waals surface area contributed by atoms with Crippen molar-refractivity contribution >= 4 is 41.3 Å². The molecule has 2 N–H and O–H groups in total. The van der Waals surface area contributed by atoms with Crippen LogP contribution >= 0.6 is 35.3 Å². The van der Waals surface area contributed by atoms with Crippen molar-refractivity contribution in [1.82, 2.24) is 25.7 Å². The molecule has 1 aliphatic heterocycles. The molecule has 8 nitrogen and oxygen atoms in total. The van der Waals surface area contributed by atoms with Gasteiger partial charge in [-0.25, -0.2) is 0 Å². The van der Waals surface area contributed by atoms with Crippen molar-refractivity contribution in [1.29, 1.82) is 0 Å². The summed E-state index contributed by atoms with van der Waals surface area (Å²) in [5.74, 6) is 1.85. The van der Waals surface area contributed by atoms with E-state index < -0.39 is 0 Å². The molecule has 1 saturated heterocycles. The van der Waals surface area contributed by atoms with Crippen LogP contribution in [-0.4, -0.2) is 53.8 Å². The van der Waals surface area contributed by atoms with Gasteiger partial charge >= 0.3 is 0 Å². The van der Waals surface area contributed by atoms with Crippen LogP contribution in [0.1, 0.15) is 50.1 Å². The number of ether oxygens (including phenoxy) is 1. The Labute approximate surface area is 193 Å². The second-order valence-electron chi connectivity index (χ2n) is 6.90. The van der Waals surface area contributed by atoms with E-state index in [1.807, 2.05) is 13.8 Å². The van der Waals surface area contributed by atoms with Crippen LogP contribution in [0.2, 0.25) is 0 Å². The van der Waals surface area contributed by atoms with E-state index in [-0.39, 0.29) is 30.1 Å². The van der Waals surface area contributed by atoms with Gasteiger partial charge in [-0.05, 0) is 49.1 Å². The Bertz CT molecular complexity index is 731. The van der Waals surface area contributed by atoms with Crippen LogP contribution in [0.15, 0.2) is 26.3 Å². The molecule has 3 heterocycles. The van der Waals surface area contributed by atoms with Gasteiger partial charge in [-0.15, -0.1) is 24.0 Å². The number of nitrogens with one attached hydrogen (secondary N) is 2. The Kier molecular flexibility index (Phi) is 10.3. The van der Waals surface area contributed by atoms with E-state index in [0.717, 1.165) is 38.4 Å². The van der Waals surface area contributed by atoms with Gasteiger partial charge in [0.2, 0.25) is 5.89 Å². The summed E-state index contributed by atoms with van der Waals surface area (Å²) in [5.41, 5.74) is 1.41. The van der Waals surface area contributed by atoms with E-state index in [9.17, 15) is 0 Å². The van der Waals surface area contributed by atoms with Gasteiger partial charge in [-0.3, -0.25) is 9.89 Å². The molecule has 10 heteroatoms.